The van der Waals surface area contributed by atoms with Crippen molar-refractivity contribution >= 4 is 12.9 Å². The van der Waals surface area contributed by atoms with Gasteiger partial charge in [0.05, 0.1) is 0 Å². The quantitative estimate of drug-likeness (QED) is 0.772. The van der Waals surface area contributed by atoms with Crippen molar-refractivity contribution in [3.8, 4) is 5.75 Å². The van der Waals surface area contributed by atoms with Crippen molar-refractivity contribution in [3.63, 3.8) is 0 Å². The number of ether oxygens (including phenoxy) is 1. The van der Waals surface area contributed by atoms with Gasteiger partial charge < -0.3 is 9.76 Å². The molecule has 0 heterocycles. The van der Waals surface area contributed by atoms with Crippen molar-refractivity contribution in [2.75, 3.05) is 0 Å². The maximum Gasteiger partial charge on any atom is 0.304 e. The van der Waals surface area contributed by atoms with E-state index in [1.807, 2.05) is 54.6 Å². The number of hydrogen-bond acceptors (Lipinski definition) is 2. The molecule has 0 atom stereocenters. The van der Waals surface area contributed by atoms with E-state index in [0.29, 0.717) is 6.61 Å². The van der Waals surface area contributed by atoms with E-state index in [1.54, 1.807) is 0 Å². The Morgan fingerprint density at radius 1 is 1.00 bits per heavy atom. The van der Waals surface area contributed by atoms with Gasteiger partial charge in [-0.1, -0.05) is 42.5 Å². The molecular weight excluding hydrogens is 199 g/mol. The first-order valence-corrected chi connectivity index (χ1v) is 5.25. The SMILES string of the molecule is OBc1cccc(OCc2ccccc2)c1. The first-order valence-electron chi connectivity index (χ1n) is 5.25. The maximum absolute atomic E-state index is 8.99. The lowest BCUT2D eigenvalue weighted by Gasteiger charge is -2.06. The molecule has 2 aromatic rings. The molecule has 0 unspecified atom stereocenters. The topological polar surface area (TPSA) is 29.5 Å². The Morgan fingerprint density at radius 3 is 2.56 bits per heavy atom. The van der Waals surface area contributed by atoms with Crippen LogP contribution >= 0.6 is 0 Å². The standard InChI is InChI=1S/C13H13BO2/c15-14-12-7-4-8-13(9-12)16-10-11-5-2-1-3-6-11/h1-9,14-15H,10H2. The highest BCUT2D eigenvalue weighted by Crippen LogP contribution is 2.10. The van der Waals surface area contributed by atoms with Crippen LogP contribution in [0, 0.1) is 0 Å². The van der Waals surface area contributed by atoms with Crippen LogP contribution in [0.1, 0.15) is 5.56 Å². The summed E-state index contributed by atoms with van der Waals surface area (Å²) >= 11 is 0. The predicted octanol–water partition coefficient (Wildman–Crippen LogP) is 1.23. The van der Waals surface area contributed by atoms with Crippen molar-refractivity contribution in [1.82, 2.24) is 0 Å². The molecule has 0 spiro atoms. The molecule has 0 radical (unpaired) electrons. The molecule has 0 amide bonds. The summed E-state index contributed by atoms with van der Waals surface area (Å²) in [5.74, 6) is 0.787. The van der Waals surface area contributed by atoms with Crippen molar-refractivity contribution in [3.05, 3.63) is 60.2 Å². The van der Waals surface area contributed by atoms with Crippen LogP contribution in [0.15, 0.2) is 54.6 Å². The molecule has 0 aliphatic carbocycles. The summed E-state index contributed by atoms with van der Waals surface area (Å²) in [6, 6.07) is 17.5. The summed E-state index contributed by atoms with van der Waals surface area (Å²) in [5, 5.41) is 8.99. The Morgan fingerprint density at radius 2 is 1.81 bits per heavy atom. The molecule has 0 aliphatic heterocycles. The van der Waals surface area contributed by atoms with Gasteiger partial charge in [0, 0.05) is 0 Å². The van der Waals surface area contributed by atoms with Gasteiger partial charge in [-0.15, -0.1) is 0 Å². The highest BCUT2D eigenvalue weighted by Gasteiger charge is 1.97. The second kappa shape index (κ2) is 5.38. The van der Waals surface area contributed by atoms with Crippen LogP contribution in [0.2, 0.25) is 0 Å². The van der Waals surface area contributed by atoms with Gasteiger partial charge in [-0.05, 0) is 23.2 Å². The van der Waals surface area contributed by atoms with E-state index in [-0.39, 0.29) is 7.48 Å². The molecule has 2 aromatic carbocycles. The van der Waals surface area contributed by atoms with Crippen molar-refractivity contribution in [1.29, 1.82) is 0 Å². The van der Waals surface area contributed by atoms with Crippen molar-refractivity contribution < 1.29 is 9.76 Å². The zero-order valence-electron chi connectivity index (χ0n) is 8.97. The van der Waals surface area contributed by atoms with Crippen LogP contribution in [0.5, 0.6) is 5.75 Å². The zero-order chi connectivity index (χ0) is 11.2. The monoisotopic (exact) mass is 212 g/mol. The second-order valence-corrected chi connectivity index (χ2v) is 3.58. The maximum atomic E-state index is 8.99. The predicted molar refractivity (Wildman–Crippen MR) is 66.2 cm³/mol. The van der Waals surface area contributed by atoms with E-state index in [0.717, 1.165) is 16.8 Å². The minimum atomic E-state index is 0.0442. The van der Waals surface area contributed by atoms with Crippen molar-refractivity contribution in [2.24, 2.45) is 0 Å². The minimum Gasteiger partial charge on any atom is -0.489 e. The van der Waals surface area contributed by atoms with E-state index in [9.17, 15) is 0 Å². The highest BCUT2D eigenvalue weighted by molar-refractivity contribution is 6.45. The summed E-state index contributed by atoms with van der Waals surface area (Å²) in [5.41, 5.74) is 2.00. The van der Waals surface area contributed by atoms with Gasteiger partial charge in [0.15, 0.2) is 0 Å². The number of rotatable bonds is 4. The van der Waals surface area contributed by atoms with Gasteiger partial charge in [-0.3, -0.25) is 0 Å². The number of hydrogen-bond donors (Lipinski definition) is 1. The summed E-state index contributed by atoms with van der Waals surface area (Å²) in [6.45, 7) is 0.551. The summed E-state index contributed by atoms with van der Waals surface area (Å²) in [6.07, 6.45) is 0. The first-order chi connectivity index (χ1) is 7.88. The van der Waals surface area contributed by atoms with Crippen LogP contribution < -0.4 is 10.2 Å². The third kappa shape index (κ3) is 2.88. The van der Waals surface area contributed by atoms with Crippen LogP contribution in [-0.2, 0) is 6.61 Å². The molecule has 2 rings (SSSR count). The molecule has 80 valence electrons. The van der Waals surface area contributed by atoms with Gasteiger partial charge >= 0.3 is 7.48 Å². The molecule has 0 saturated heterocycles. The van der Waals surface area contributed by atoms with E-state index < -0.39 is 0 Å². The number of benzene rings is 2. The fourth-order valence-electron chi connectivity index (χ4n) is 1.47. The molecule has 0 aromatic heterocycles. The molecule has 0 aliphatic rings. The Balaban J connectivity index is 1.99. The zero-order valence-corrected chi connectivity index (χ0v) is 8.97. The third-order valence-electron chi connectivity index (χ3n) is 2.33. The van der Waals surface area contributed by atoms with Crippen LogP contribution in [-0.4, -0.2) is 12.5 Å². The second-order valence-electron chi connectivity index (χ2n) is 3.58. The lowest BCUT2D eigenvalue weighted by molar-refractivity contribution is 0.306. The van der Waals surface area contributed by atoms with Gasteiger partial charge in [-0.2, -0.15) is 0 Å². The van der Waals surface area contributed by atoms with E-state index in [2.05, 4.69) is 0 Å². The average molecular weight is 212 g/mol. The summed E-state index contributed by atoms with van der Waals surface area (Å²) in [4.78, 5) is 0. The summed E-state index contributed by atoms with van der Waals surface area (Å²) < 4.78 is 5.62. The van der Waals surface area contributed by atoms with E-state index in [1.165, 1.54) is 0 Å². The fourth-order valence-corrected chi connectivity index (χ4v) is 1.47. The van der Waals surface area contributed by atoms with Crippen molar-refractivity contribution in [2.45, 2.75) is 6.61 Å². The smallest absolute Gasteiger partial charge is 0.304 e. The van der Waals surface area contributed by atoms with Crippen LogP contribution in [0.3, 0.4) is 0 Å². The Hall–Kier alpha value is -1.74. The normalized spacial score (nSPS) is 9.81. The molecule has 1 N–H and O–H groups in total. The van der Waals surface area contributed by atoms with Gasteiger partial charge in [0.2, 0.25) is 0 Å². The molecular formula is C13H13BO2. The first kappa shape index (κ1) is 10.8. The van der Waals surface area contributed by atoms with Gasteiger partial charge in [-0.25, -0.2) is 0 Å². The molecule has 0 fully saturated rings. The largest absolute Gasteiger partial charge is 0.489 e. The Labute approximate surface area is 95.8 Å². The van der Waals surface area contributed by atoms with E-state index in [4.69, 9.17) is 9.76 Å². The van der Waals surface area contributed by atoms with Gasteiger partial charge in [0.1, 0.15) is 12.4 Å². The lowest BCUT2D eigenvalue weighted by Crippen LogP contribution is -2.12. The average Bonchev–Trinajstić information content (AvgIpc) is 2.38. The summed E-state index contributed by atoms with van der Waals surface area (Å²) in [7, 11) is 0.0442. The Kier molecular flexibility index (Phi) is 3.62. The lowest BCUT2D eigenvalue weighted by atomic mass is 9.89. The molecule has 0 bridgehead atoms. The molecule has 0 saturated carbocycles. The highest BCUT2D eigenvalue weighted by atomic mass is 16.5. The molecule has 16 heavy (non-hydrogen) atoms. The fraction of sp³-hybridized carbons (Fsp3) is 0.0769. The van der Waals surface area contributed by atoms with Gasteiger partial charge in [0.25, 0.3) is 0 Å². The Bertz CT molecular complexity index is 443. The third-order valence-corrected chi connectivity index (χ3v) is 2.33. The molecule has 2 nitrogen and oxygen atoms in total. The molecule has 3 heteroatoms. The van der Waals surface area contributed by atoms with Crippen LogP contribution in [0.25, 0.3) is 0 Å². The van der Waals surface area contributed by atoms with Crippen LogP contribution in [0.4, 0.5) is 0 Å². The van der Waals surface area contributed by atoms with E-state index >= 15 is 0 Å². The minimum absolute atomic E-state index is 0.0442.